The summed E-state index contributed by atoms with van der Waals surface area (Å²) in [5, 5.41) is 10.9. The van der Waals surface area contributed by atoms with Crippen LogP contribution in [0.3, 0.4) is 0 Å². The predicted molar refractivity (Wildman–Crippen MR) is 74.3 cm³/mol. The van der Waals surface area contributed by atoms with E-state index in [0.29, 0.717) is 5.56 Å². The Morgan fingerprint density at radius 3 is 2.45 bits per heavy atom. The Bertz CT molecular complexity index is 627. The first-order valence-corrected chi connectivity index (χ1v) is 7.22. The normalized spacial score (nSPS) is 10.8. The molecule has 0 aliphatic carbocycles. The third-order valence-corrected chi connectivity index (χ3v) is 4.34. The van der Waals surface area contributed by atoms with Crippen LogP contribution in [0.2, 0.25) is 0 Å². The van der Waals surface area contributed by atoms with Gasteiger partial charge in [-0.05, 0) is 24.3 Å². The Morgan fingerprint density at radius 1 is 1.35 bits per heavy atom. The maximum absolute atomic E-state index is 12.2. The maximum Gasteiger partial charge on any atom is 0.243 e. The molecule has 0 saturated carbocycles. The SMILES string of the molecule is CNC(=O)CN(C)S(=O)(=O)c1ccc(C#CCO)cc1. The molecule has 1 amide bonds. The fourth-order valence-electron chi connectivity index (χ4n) is 1.40. The number of sulfonamides is 1. The third-order valence-electron chi connectivity index (χ3n) is 2.52. The topological polar surface area (TPSA) is 86.7 Å². The van der Waals surface area contributed by atoms with E-state index in [1.165, 1.54) is 26.2 Å². The number of amides is 1. The van der Waals surface area contributed by atoms with Crippen LogP contribution in [0.5, 0.6) is 0 Å². The molecule has 0 aromatic heterocycles. The molecule has 0 saturated heterocycles. The molecule has 7 heteroatoms. The molecule has 0 fully saturated rings. The summed E-state index contributed by atoms with van der Waals surface area (Å²) in [5.74, 6) is 4.76. The van der Waals surface area contributed by atoms with E-state index in [2.05, 4.69) is 17.2 Å². The lowest BCUT2D eigenvalue weighted by Crippen LogP contribution is -2.36. The molecule has 0 heterocycles. The molecule has 0 spiro atoms. The van der Waals surface area contributed by atoms with E-state index in [9.17, 15) is 13.2 Å². The van der Waals surface area contributed by atoms with Gasteiger partial charge < -0.3 is 10.4 Å². The minimum absolute atomic E-state index is 0.0819. The van der Waals surface area contributed by atoms with E-state index in [1.54, 1.807) is 12.1 Å². The number of rotatable bonds is 4. The van der Waals surface area contributed by atoms with E-state index in [-0.39, 0.29) is 24.0 Å². The summed E-state index contributed by atoms with van der Waals surface area (Å²) in [6, 6.07) is 5.92. The summed E-state index contributed by atoms with van der Waals surface area (Å²) in [4.78, 5) is 11.3. The number of carbonyl (C=O) groups excluding carboxylic acids is 1. The van der Waals surface area contributed by atoms with Crippen LogP contribution >= 0.6 is 0 Å². The lowest BCUT2D eigenvalue weighted by atomic mass is 10.2. The number of aliphatic hydroxyl groups is 1. The van der Waals surface area contributed by atoms with Crippen molar-refractivity contribution in [3.63, 3.8) is 0 Å². The van der Waals surface area contributed by atoms with Gasteiger partial charge in [0.1, 0.15) is 6.61 Å². The van der Waals surface area contributed by atoms with Crippen molar-refractivity contribution in [2.45, 2.75) is 4.90 Å². The van der Waals surface area contributed by atoms with Gasteiger partial charge in [-0.25, -0.2) is 8.42 Å². The minimum Gasteiger partial charge on any atom is -0.384 e. The van der Waals surface area contributed by atoms with Gasteiger partial charge in [0.25, 0.3) is 0 Å². The minimum atomic E-state index is -3.71. The van der Waals surface area contributed by atoms with Gasteiger partial charge in [-0.2, -0.15) is 4.31 Å². The predicted octanol–water partition coefficient (Wildman–Crippen LogP) is -0.603. The van der Waals surface area contributed by atoms with Crippen molar-refractivity contribution in [3.05, 3.63) is 29.8 Å². The van der Waals surface area contributed by atoms with Crippen LogP contribution in [0.15, 0.2) is 29.2 Å². The standard InChI is InChI=1S/C13H16N2O4S/c1-14-13(17)10-15(2)20(18,19)12-7-5-11(6-8-12)4-3-9-16/h5-8,16H,9-10H2,1-2H3,(H,14,17). The Hall–Kier alpha value is -1.88. The first-order chi connectivity index (χ1) is 9.41. The molecular formula is C13H16N2O4S. The average molecular weight is 296 g/mol. The molecule has 1 rings (SSSR count). The summed E-state index contributed by atoms with van der Waals surface area (Å²) in [6.07, 6.45) is 0. The maximum atomic E-state index is 12.2. The second-order valence-electron chi connectivity index (χ2n) is 3.92. The van der Waals surface area contributed by atoms with Gasteiger partial charge in [0.05, 0.1) is 11.4 Å². The molecule has 0 radical (unpaired) electrons. The summed E-state index contributed by atoms with van der Waals surface area (Å²) in [7, 11) is -0.927. The number of likely N-dealkylation sites (N-methyl/N-ethyl adjacent to an activating group) is 2. The fourth-order valence-corrected chi connectivity index (χ4v) is 2.53. The van der Waals surface area contributed by atoms with Crippen LogP contribution in [0, 0.1) is 11.8 Å². The first-order valence-electron chi connectivity index (χ1n) is 5.78. The molecule has 6 nitrogen and oxygen atoms in total. The Morgan fingerprint density at radius 2 is 1.95 bits per heavy atom. The molecule has 0 aliphatic rings. The monoisotopic (exact) mass is 296 g/mol. The highest BCUT2D eigenvalue weighted by atomic mass is 32.2. The van der Waals surface area contributed by atoms with Gasteiger partial charge in [-0.3, -0.25) is 4.79 Å². The number of aliphatic hydroxyl groups excluding tert-OH is 1. The van der Waals surface area contributed by atoms with E-state index in [0.717, 1.165) is 4.31 Å². The van der Waals surface area contributed by atoms with Crippen LogP contribution in [0.1, 0.15) is 5.56 Å². The van der Waals surface area contributed by atoms with Crippen molar-refractivity contribution >= 4 is 15.9 Å². The summed E-state index contributed by atoms with van der Waals surface area (Å²) < 4.78 is 25.3. The van der Waals surface area contributed by atoms with Gasteiger partial charge in [0.2, 0.25) is 15.9 Å². The van der Waals surface area contributed by atoms with Crippen molar-refractivity contribution in [3.8, 4) is 11.8 Å². The highest BCUT2D eigenvalue weighted by Gasteiger charge is 2.22. The van der Waals surface area contributed by atoms with E-state index in [1.807, 2.05) is 0 Å². The van der Waals surface area contributed by atoms with Gasteiger partial charge in [-0.1, -0.05) is 11.8 Å². The molecular weight excluding hydrogens is 280 g/mol. The largest absolute Gasteiger partial charge is 0.384 e. The molecule has 0 atom stereocenters. The molecule has 2 N–H and O–H groups in total. The number of carbonyl (C=O) groups is 1. The summed E-state index contributed by atoms with van der Waals surface area (Å²) >= 11 is 0. The van der Waals surface area contributed by atoms with Gasteiger partial charge >= 0.3 is 0 Å². The van der Waals surface area contributed by atoms with E-state index in [4.69, 9.17) is 5.11 Å². The first kappa shape index (κ1) is 16.2. The zero-order valence-electron chi connectivity index (χ0n) is 11.3. The fraction of sp³-hybridized carbons (Fsp3) is 0.308. The molecule has 108 valence electrons. The lowest BCUT2D eigenvalue weighted by molar-refractivity contribution is -0.120. The van der Waals surface area contributed by atoms with Crippen molar-refractivity contribution in [1.82, 2.24) is 9.62 Å². The summed E-state index contributed by atoms with van der Waals surface area (Å²) in [6.45, 7) is -0.500. The van der Waals surface area contributed by atoms with Crippen LogP contribution in [0.25, 0.3) is 0 Å². The van der Waals surface area contributed by atoms with Gasteiger partial charge in [0.15, 0.2) is 0 Å². The second kappa shape index (κ2) is 7.05. The number of nitrogens with one attached hydrogen (secondary N) is 1. The van der Waals surface area contributed by atoms with Crippen LogP contribution in [-0.4, -0.2) is 51.0 Å². The number of hydrogen-bond acceptors (Lipinski definition) is 4. The molecule has 0 aliphatic heterocycles. The van der Waals surface area contributed by atoms with Crippen molar-refractivity contribution in [1.29, 1.82) is 0 Å². The Balaban J connectivity index is 2.95. The van der Waals surface area contributed by atoms with Crippen LogP contribution < -0.4 is 5.32 Å². The summed E-state index contributed by atoms with van der Waals surface area (Å²) in [5.41, 5.74) is 0.604. The highest BCUT2D eigenvalue weighted by Crippen LogP contribution is 2.14. The van der Waals surface area contributed by atoms with Crippen molar-refractivity contribution < 1.29 is 18.3 Å². The zero-order chi connectivity index (χ0) is 15.2. The van der Waals surface area contributed by atoms with Crippen molar-refractivity contribution in [2.24, 2.45) is 0 Å². The Labute approximate surface area is 118 Å². The molecule has 1 aromatic rings. The van der Waals surface area contributed by atoms with Crippen LogP contribution in [0.4, 0.5) is 0 Å². The number of benzene rings is 1. The Kier molecular flexibility index (Phi) is 5.70. The molecule has 1 aromatic carbocycles. The quantitative estimate of drug-likeness (QED) is 0.726. The van der Waals surface area contributed by atoms with Gasteiger partial charge in [-0.15, -0.1) is 0 Å². The van der Waals surface area contributed by atoms with Crippen LogP contribution in [-0.2, 0) is 14.8 Å². The zero-order valence-corrected chi connectivity index (χ0v) is 12.1. The number of hydrogen-bond donors (Lipinski definition) is 2. The third kappa shape index (κ3) is 4.06. The van der Waals surface area contributed by atoms with E-state index < -0.39 is 10.0 Å². The molecule has 0 unspecified atom stereocenters. The number of nitrogens with zero attached hydrogens (tertiary/aromatic N) is 1. The average Bonchev–Trinajstić information content (AvgIpc) is 2.45. The highest BCUT2D eigenvalue weighted by molar-refractivity contribution is 7.89. The van der Waals surface area contributed by atoms with Gasteiger partial charge in [0, 0.05) is 19.7 Å². The molecule has 20 heavy (non-hydrogen) atoms. The van der Waals surface area contributed by atoms with Crippen molar-refractivity contribution in [2.75, 3.05) is 27.2 Å². The smallest absolute Gasteiger partial charge is 0.243 e. The molecule has 0 bridgehead atoms. The van der Waals surface area contributed by atoms with E-state index >= 15 is 0 Å². The lowest BCUT2D eigenvalue weighted by Gasteiger charge is -2.16. The second-order valence-corrected chi connectivity index (χ2v) is 5.96.